The van der Waals surface area contributed by atoms with Crippen LogP contribution in [-0.4, -0.2) is 30.1 Å². The molecule has 2 rings (SSSR count). The van der Waals surface area contributed by atoms with E-state index in [9.17, 15) is 9.59 Å². The minimum Gasteiger partial charge on any atom is -0.478 e. The molecule has 3 N–H and O–H groups in total. The molecule has 0 bridgehead atoms. The van der Waals surface area contributed by atoms with Gasteiger partial charge in [0.15, 0.2) is 0 Å². The van der Waals surface area contributed by atoms with E-state index in [1.165, 1.54) is 0 Å². The lowest BCUT2D eigenvalue weighted by atomic mass is 9.98. The number of carbonyl (C=O) groups is 2. The fraction of sp³-hybridized carbons (Fsp3) is 0.429. The highest BCUT2D eigenvalue weighted by Crippen LogP contribution is 2.20. The van der Waals surface area contributed by atoms with Crippen molar-refractivity contribution >= 4 is 17.6 Å². The molecule has 0 aliphatic carbocycles. The van der Waals surface area contributed by atoms with Crippen LogP contribution in [0.4, 0.5) is 5.69 Å². The minimum absolute atomic E-state index is 0.0864. The third kappa shape index (κ3) is 3.32. The van der Waals surface area contributed by atoms with Gasteiger partial charge in [-0.25, -0.2) is 4.79 Å². The van der Waals surface area contributed by atoms with Crippen LogP contribution in [0.5, 0.6) is 0 Å². The normalized spacial score (nSPS) is 18.9. The Balaban J connectivity index is 2.13. The molecule has 19 heavy (non-hydrogen) atoms. The number of rotatable bonds is 3. The number of aromatic carboxylic acids is 1. The van der Waals surface area contributed by atoms with Crippen molar-refractivity contribution in [1.29, 1.82) is 0 Å². The zero-order chi connectivity index (χ0) is 13.8. The van der Waals surface area contributed by atoms with E-state index in [1.807, 2.05) is 6.92 Å². The Kier molecular flexibility index (Phi) is 4.16. The maximum absolute atomic E-state index is 12.1. The van der Waals surface area contributed by atoms with Gasteiger partial charge < -0.3 is 15.7 Å². The van der Waals surface area contributed by atoms with Crippen LogP contribution >= 0.6 is 0 Å². The third-order valence-corrected chi connectivity index (χ3v) is 3.33. The van der Waals surface area contributed by atoms with Crippen molar-refractivity contribution in [2.24, 2.45) is 5.92 Å². The fourth-order valence-corrected chi connectivity index (χ4v) is 2.25. The Morgan fingerprint density at radius 2 is 2.21 bits per heavy atom. The number of anilines is 1. The first-order valence-electron chi connectivity index (χ1n) is 6.43. The standard InChI is InChI=1S/C14H18N2O3/c1-9-4-5-12(11(7-9)14(18)19)16-13(17)10-3-2-6-15-8-10/h4-5,7,10,15H,2-3,6,8H2,1H3,(H,16,17)(H,18,19). The number of aryl methyl sites for hydroxylation is 1. The first-order valence-corrected chi connectivity index (χ1v) is 6.43. The van der Waals surface area contributed by atoms with Crippen LogP contribution in [0.2, 0.25) is 0 Å². The van der Waals surface area contributed by atoms with Crippen molar-refractivity contribution < 1.29 is 14.7 Å². The molecule has 0 aromatic heterocycles. The lowest BCUT2D eigenvalue weighted by Crippen LogP contribution is -2.37. The molecular weight excluding hydrogens is 244 g/mol. The zero-order valence-corrected chi connectivity index (χ0v) is 10.9. The Morgan fingerprint density at radius 3 is 2.84 bits per heavy atom. The van der Waals surface area contributed by atoms with Crippen LogP contribution in [-0.2, 0) is 4.79 Å². The van der Waals surface area contributed by atoms with Gasteiger partial charge >= 0.3 is 5.97 Å². The summed E-state index contributed by atoms with van der Waals surface area (Å²) in [5.74, 6) is -1.23. The van der Waals surface area contributed by atoms with E-state index < -0.39 is 5.97 Å². The summed E-state index contributed by atoms with van der Waals surface area (Å²) in [6.45, 7) is 3.41. The maximum atomic E-state index is 12.1. The molecule has 1 aliphatic heterocycles. The van der Waals surface area contributed by atoms with E-state index >= 15 is 0 Å². The van der Waals surface area contributed by atoms with Gasteiger partial charge in [0.05, 0.1) is 17.2 Å². The average Bonchev–Trinajstić information content (AvgIpc) is 2.41. The van der Waals surface area contributed by atoms with Crippen LogP contribution in [0.15, 0.2) is 18.2 Å². The van der Waals surface area contributed by atoms with Crippen molar-refractivity contribution in [3.63, 3.8) is 0 Å². The SMILES string of the molecule is Cc1ccc(NC(=O)C2CCCNC2)c(C(=O)O)c1. The molecule has 1 aromatic carbocycles. The van der Waals surface area contributed by atoms with Gasteiger partial charge in [-0.1, -0.05) is 11.6 Å². The first kappa shape index (κ1) is 13.5. The molecule has 1 unspecified atom stereocenters. The highest BCUT2D eigenvalue weighted by atomic mass is 16.4. The quantitative estimate of drug-likeness (QED) is 0.773. The number of carbonyl (C=O) groups excluding carboxylic acids is 1. The topological polar surface area (TPSA) is 78.4 Å². The van der Waals surface area contributed by atoms with Gasteiger partial charge in [-0.05, 0) is 38.4 Å². The van der Waals surface area contributed by atoms with Gasteiger partial charge in [-0.2, -0.15) is 0 Å². The summed E-state index contributed by atoms with van der Waals surface area (Å²) in [5.41, 5.74) is 1.36. The summed E-state index contributed by atoms with van der Waals surface area (Å²) in [4.78, 5) is 23.3. The van der Waals surface area contributed by atoms with E-state index in [-0.39, 0.29) is 17.4 Å². The number of piperidine rings is 1. The number of carboxylic acids is 1. The Bertz CT molecular complexity index is 493. The second-order valence-electron chi connectivity index (χ2n) is 4.89. The summed E-state index contributed by atoms with van der Waals surface area (Å²) in [6.07, 6.45) is 1.81. The van der Waals surface area contributed by atoms with Crippen LogP contribution in [0.1, 0.15) is 28.8 Å². The molecule has 1 aromatic rings. The van der Waals surface area contributed by atoms with Crippen molar-refractivity contribution in [3.05, 3.63) is 29.3 Å². The Morgan fingerprint density at radius 1 is 1.42 bits per heavy atom. The summed E-state index contributed by atoms with van der Waals surface area (Å²) in [6, 6.07) is 5.01. The van der Waals surface area contributed by atoms with Crippen LogP contribution in [0.25, 0.3) is 0 Å². The van der Waals surface area contributed by atoms with Gasteiger partial charge in [0.2, 0.25) is 5.91 Å². The number of hydrogen-bond acceptors (Lipinski definition) is 3. The van der Waals surface area contributed by atoms with Crippen molar-refractivity contribution in [3.8, 4) is 0 Å². The summed E-state index contributed by atoms with van der Waals surface area (Å²) >= 11 is 0. The van der Waals surface area contributed by atoms with E-state index in [1.54, 1.807) is 18.2 Å². The Hall–Kier alpha value is -1.88. The number of nitrogens with one attached hydrogen (secondary N) is 2. The summed E-state index contributed by atoms with van der Waals surface area (Å²) < 4.78 is 0. The molecule has 1 aliphatic rings. The Labute approximate surface area is 112 Å². The van der Waals surface area contributed by atoms with Gasteiger partial charge in [0.1, 0.15) is 0 Å². The predicted octanol–water partition coefficient (Wildman–Crippen LogP) is 1.63. The molecule has 0 radical (unpaired) electrons. The van der Waals surface area contributed by atoms with E-state index in [0.717, 1.165) is 24.9 Å². The fourth-order valence-electron chi connectivity index (χ4n) is 2.25. The van der Waals surface area contributed by atoms with Gasteiger partial charge in [-0.15, -0.1) is 0 Å². The molecule has 1 atom stereocenters. The predicted molar refractivity (Wildman–Crippen MR) is 72.4 cm³/mol. The van der Waals surface area contributed by atoms with Gasteiger partial charge in [-0.3, -0.25) is 4.79 Å². The molecule has 1 saturated heterocycles. The molecule has 5 heteroatoms. The van der Waals surface area contributed by atoms with Crippen LogP contribution in [0.3, 0.4) is 0 Å². The molecule has 102 valence electrons. The van der Waals surface area contributed by atoms with E-state index in [4.69, 9.17) is 5.11 Å². The molecule has 1 heterocycles. The number of benzene rings is 1. The van der Waals surface area contributed by atoms with E-state index in [2.05, 4.69) is 10.6 Å². The van der Waals surface area contributed by atoms with Gasteiger partial charge in [0.25, 0.3) is 0 Å². The maximum Gasteiger partial charge on any atom is 0.337 e. The highest BCUT2D eigenvalue weighted by molar-refractivity contribution is 6.01. The van der Waals surface area contributed by atoms with Crippen molar-refractivity contribution in [1.82, 2.24) is 5.32 Å². The summed E-state index contributed by atoms with van der Waals surface area (Å²) in [7, 11) is 0. The molecule has 1 fully saturated rings. The number of hydrogen-bond donors (Lipinski definition) is 3. The minimum atomic E-state index is -1.03. The molecular formula is C14H18N2O3. The van der Waals surface area contributed by atoms with Crippen LogP contribution in [0, 0.1) is 12.8 Å². The lowest BCUT2D eigenvalue weighted by molar-refractivity contribution is -0.120. The second kappa shape index (κ2) is 5.84. The molecule has 0 spiro atoms. The highest BCUT2D eigenvalue weighted by Gasteiger charge is 2.22. The largest absolute Gasteiger partial charge is 0.478 e. The second-order valence-corrected chi connectivity index (χ2v) is 4.89. The third-order valence-electron chi connectivity index (χ3n) is 3.33. The average molecular weight is 262 g/mol. The van der Waals surface area contributed by atoms with Crippen molar-refractivity contribution in [2.75, 3.05) is 18.4 Å². The van der Waals surface area contributed by atoms with Crippen LogP contribution < -0.4 is 10.6 Å². The number of carboxylic acid groups (broad SMARTS) is 1. The monoisotopic (exact) mass is 262 g/mol. The van der Waals surface area contributed by atoms with E-state index in [0.29, 0.717) is 12.2 Å². The first-order chi connectivity index (χ1) is 9.08. The van der Waals surface area contributed by atoms with Gasteiger partial charge in [0, 0.05) is 6.54 Å². The smallest absolute Gasteiger partial charge is 0.337 e. The molecule has 1 amide bonds. The lowest BCUT2D eigenvalue weighted by Gasteiger charge is -2.22. The zero-order valence-electron chi connectivity index (χ0n) is 10.9. The molecule has 0 saturated carbocycles. The van der Waals surface area contributed by atoms with Crippen molar-refractivity contribution in [2.45, 2.75) is 19.8 Å². The molecule has 5 nitrogen and oxygen atoms in total. The summed E-state index contributed by atoms with van der Waals surface area (Å²) in [5, 5.41) is 15.0. The number of amides is 1.